The van der Waals surface area contributed by atoms with Crippen LogP contribution >= 0.6 is 0 Å². The summed E-state index contributed by atoms with van der Waals surface area (Å²) < 4.78 is 22.8. The van der Waals surface area contributed by atoms with Crippen LogP contribution < -0.4 is 0 Å². The van der Waals surface area contributed by atoms with Gasteiger partial charge in [0, 0.05) is 6.42 Å². The standard InChI is InChI=1S/C11H13NO2S/c12-8-4-9-15(13,14)10-7-11-5-2-1-3-6-11/h1-3,5-6H,4,7,9-10H2. The van der Waals surface area contributed by atoms with E-state index < -0.39 is 9.84 Å². The lowest BCUT2D eigenvalue weighted by atomic mass is 10.2. The summed E-state index contributed by atoms with van der Waals surface area (Å²) in [6.07, 6.45) is 0.603. The molecule has 3 nitrogen and oxygen atoms in total. The lowest BCUT2D eigenvalue weighted by Gasteiger charge is -2.01. The summed E-state index contributed by atoms with van der Waals surface area (Å²) in [7, 11) is -3.06. The zero-order chi connectivity index (χ0) is 11.1. The molecule has 0 aromatic heterocycles. The number of rotatable bonds is 5. The van der Waals surface area contributed by atoms with E-state index in [1.807, 2.05) is 36.4 Å². The molecular formula is C11H13NO2S. The Morgan fingerprint density at radius 3 is 2.40 bits per heavy atom. The second-order valence-electron chi connectivity index (χ2n) is 3.30. The van der Waals surface area contributed by atoms with Gasteiger partial charge in [0.2, 0.25) is 0 Å². The number of sulfone groups is 1. The molecule has 0 saturated heterocycles. The van der Waals surface area contributed by atoms with Crippen molar-refractivity contribution in [3.63, 3.8) is 0 Å². The number of nitriles is 1. The largest absolute Gasteiger partial charge is 0.229 e. The summed E-state index contributed by atoms with van der Waals surface area (Å²) in [5, 5.41) is 8.30. The van der Waals surface area contributed by atoms with Crippen LogP contribution in [-0.2, 0) is 16.3 Å². The van der Waals surface area contributed by atoms with Crippen LogP contribution in [0.2, 0.25) is 0 Å². The molecule has 0 aliphatic rings. The van der Waals surface area contributed by atoms with Crippen molar-refractivity contribution in [2.24, 2.45) is 0 Å². The van der Waals surface area contributed by atoms with Gasteiger partial charge >= 0.3 is 0 Å². The normalized spacial score (nSPS) is 10.9. The first kappa shape index (κ1) is 11.7. The van der Waals surface area contributed by atoms with Gasteiger partial charge in [-0.25, -0.2) is 8.42 Å². The maximum Gasteiger partial charge on any atom is 0.151 e. The fourth-order valence-corrected chi connectivity index (χ4v) is 2.37. The summed E-state index contributed by atoms with van der Waals surface area (Å²) in [5.74, 6) is 0.0923. The minimum atomic E-state index is -3.06. The maximum atomic E-state index is 11.4. The van der Waals surface area contributed by atoms with Gasteiger partial charge in [-0.15, -0.1) is 0 Å². The van der Waals surface area contributed by atoms with Gasteiger partial charge in [0.25, 0.3) is 0 Å². The highest BCUT2D eigenvalue weighted by atomic mass is 32.2. The van der Waals surface area contributed by atoms with Crippen LogP contribution in [0.5, 0.6) is 0 Å². The molecular weight excluding hydrogens is 210 g/mol. The molecule has 0 amide bonds. The van der Waals surface area contributed by atoms with Gasteiger partial charge in [-0.05, 0) is 12.0 Å². The molecule has 0 fully saturated rings. The first-order valence-corrected chi connectivity index (χ1v) is 6.57. The molecule has 0 atom stereocenters. The van der Waals surface area contributed by atoms with Gasteiger partial charge in [0.05, 0.1) is 17.6 Å². The van der Waals surface area contributed by atoms with E-state index in [9.17, 15) is 8.42 Å². The quantitative estimate of drug-likeness (QED) is 0.761. The Bertz CT molecular complexity index is 431. The molecule has 15 heavy (non-hydrogen) atoms. The number of aryl methyl sites for hydroxylation is 1. The minimum absolute atomic E-state index is 0.0314. The third-order valence-corrected chi connectivity index (χ3v) is 3.72. The average molecular weight is 223 g/mol. The molecule has 0 aliphatic carbocycles. The molecule has 1 rings (SSSR count). The van der Waals surface area contributed by atoms with Crippen molar-refractivity contribution in [3.8, 4) is 6.07 Å². The molecule has 0 aliphatic heterocycles. The van der Waals surface area contributed by atoms with Gasteiger partial charge in [0.15, 0.2) is 9.84 Å². The third-order valence-electron chi connectivity index (χ3n) is 2.07. The summed E-state index contributed by atoms with van der Waals surface area (Å²) >= 11 is 0. The molecule has 0 radical (unpaired) electrons. The zero-order valence-corrected chi connectivity index (χ0v) is 9.20. The Kier molecular flexibility index (Phi) is 4.32. The van der Waals surface area contributed by atoms with E-state index in [1.54, 1.807) is 0 Å². The highest BCUT2D eigenvalue weighted by molar-refractivity contribution is 7.91. The highest BCUT2D eigenvalue weighted by Crippen LogP contribution is 2.03. The van der Waals surface area contributed by atoms with Gasteiger partial charge in [-0.1, -0.05) is 30.3 Å². The minimum Gasteiger partial charge on any atom is -0.229 e. The first-order chi connectivity index (χ1) is 7.14. The first-order valence-electron chi connectivity index (χ1n) is 4.75. The van der Waals surface area contributed by atoms with Crippen molar-refractivity contribution in [1.82, 2.24) is 0 Å². The Morgan fingerprint density at radius 2 is 1.80 bits per heavy atom. The topological polar surface area (TPSA) is 57.9 Å². The maximum absolute atomic E-state index is 11.4. The molecule has 0 bridgehead atoms. The predicted molar refractivity (Wildman–Crippen MR) is 59.0 cm³/mol. The van der Waals surface area contributed by atoms with Crippen LogP contribution in [-0.4, -0.2) is 19.9 Å². The monoisotopic (exact) mass is 223 g/mol. The summed E-state index contributed by atoms with van der Waals surface area (Å²) in [6, 6.07) is 11.3. The summed E-state index contributed by atoms with van der Waals surface area (Å²) in [6.45, 7) is 0. The van der Waals surface area contributed by atoms with Crippen LogP contribution in [0.4, 0.5) is 0 Å². The van der Waals surface area contributed by atoms with Crippen molar-refractivity contribution in [3.05, 3.63) is 35.9 Å². The molecule has 0 heterocycles. The Hall–Kier alpha value is -1.34. The number of benzene rings is 1. The van der Waals surface area contributed by atoms with Crippen LogP contribution in [0, 0.1) is 11.3 Å². The molecule has 0 N–H and O–H groups in total. The molecule has 80 valence electrons. The fourth-order valence-electron chi connectivity index (χ4n) is 1.22. The predicted octanol–water partition coefficient (Wildman–Crippen LogP) is 1.56. The summed E-state index contributed by atoms with van der Waals surface area (Å²) in [4.78, 5) is 0. The Morgan fingerprint density at radius 1 is 1.13 bits per heavy atom. The zero-order valence-electron chi connectivity index (χ0n) is 8.39. The van der Waals surface area contributed by atoms with E-state index in [1.165, 1.54) is 0 Å². The molecule has 0 saturated carbocycles. The lowest BCUT2D eigenvalue weighted by Crippen LogP contribution is -2.12. The van der Waals surface area contributed by atoms with E-state index in [0.717, 1.165) is 5.56 Å². The molecule has 0 spiro atoms. The number of nitrogens with zero attached hydrogens (tertiary/aromatic N) is 1. The Balaban J connectivity index is 2.47. The van der Waals surface area contributed by atoms with E-state index >= 15 is 0 Å². The molecule has 4 heteroatoms. The second kappa shape index (κ2) is 5.52. The van der Waals surface area contributed by atoms with Gasteiger partial charge in [-0.2, -0.15) is 5.26 Å². The third kappa shape index (κ3) is 4.61. The van der Waals surface area contributed by atoms with E-state index in [4.69, 9.17) is 5.26 Å². The van der Waals surface area contributed by atoms with Crippen LogP contribution in [0.1, 0.15) is 12.0 Å². The van der Waals surface area contributed by atoms with Gasteiger partial charge in [0.1, 0.15) is 0 Å². The molecule has 1 aromatic rings. The molecule has 0 unspecified atom stereocenters. The summed E-state index contributed by atoms with van der Waals surface area (Å²) in [5.41, 5.74) is 1.01. The van der Waals surface area contributed by atoms with Crippen molar-refractivity contribution in [1.29, 1.82) is 5.26 Å². The van der Waals surface area contributed by atoms with E-state index in [-0.39, 0.29) is 17.9 Å². The number of hydrogen-bond donors (Lipinski definition) is 0. The fraction of sp³-hybridized carbons (Fsp3) is 0.364. The van der Waals surface area contributed by atoms with E-state index in [2.05, 4.69) is 0 Å². The number of hydrogen-bond acceptors (Lipinski definition) is 3. The lowest BCUT2D eigenvalue weighted by molar-refractivity contribution is 0.595. The van der Waals surface area contributed by atoms with Crippen molar-refractivity contribution >= 4 is 9.84 Å². The average Bonchev–Trinajstić information content (AvgIpc) is 2.25. The van der Waals surface area contributed by atoms with Crippen molar-refractivity contribution in [2.45, 2.75) is 12.8 Å². The van der Waals surface area contributed by atoms with Crippen molar-refractivity contribution in [2.75, 3.05) is 11.5 Å². The van der Waals surface area contributed by atoms with Crippen molar-refractivity contribution < 1.29 is 8.42 Å². The van der Waals surface area contributed by atoms with Crippen LogP contribution in [0.3, 0.4) is 0 Å². The SMILES string of the molecule is N#CCCS(=O)(=O)CCc1ccccc1. The second-order valence-corrected chi connectivity index (χ2v) is 5.60. The smallest absolute Gasteiger partial charge is 0.151 e. The van der Waals surface area contributed by atoms with Crippen LogP contribution in [0.25, 0.3) is 0 Å². The van der Waals surface area contributed by atoms with Crippen LogP contribution in [0.15, 0.2) is 30.3 Å². The van der Waals surface area contributed by atoms with Gasteiger partial charge in [-0.3, -0.25) is 0 Å². The van der Waals surface area contributed by atoms with E-state index in [0.29, 0.717) is 6.42 Å². The molecule has 1 aromatic carbocycles. The Labute approximate surface area is 90.3 Å². The highest BCUT2D eigenvalue weighted by Gasteiger charge is 2.09. The van der Waals surface area contributed by atoms with Gasteiger partial charge < -0.3 is 0 Å².